The minimum absolute atomic E-state index is 0.00788. The molecule has 1 fully saturated rings. The second-order valence-corrected chi connectivity index (χ2v) is 5.12. The van der Waals surface area contributed by atoms with Crippen LogP contribution in [0.5, 0.6) is 0 Å². The smallest absolute Gasteiger partial charge is 0.184 e. The maximum atomic E-state index is 9.73. The summed E-state index contributed by atoms with van der Waals surface area (Å²) in [4.78, 5) is 0. The third-order valence-electron chi connectivity index (χ3n) is 3.89. The Labute approximate surface area is 125 Å². The zero-order valence-electron chi connectivity index (χ0n) is 12.2. The molecule has 1 aliphatic heterocycles. The maximum Gasteiger partial charge on any atom is 0.184 e. The van der Waals surface area contributed by atoms with Gasteiger partial charge in [0.1, 0.15) is 0 Å². The van der Waals surface area contributed by atoms with Crippen molar-refractivity contribution in [3.8, 4) is 11.1 Å². The SMILES string of the molecule is CCc1ccc(CO)c(-c2ccccc2)c1C1OCCO1. The van der Waals surface area contributed by atoms with Crippen molar-refractivity contribution < 1.29 is 14.6 Å². The van der Waals surface area contributed by atoms with Crippen LogP contribution in [-0.2, 0) is 22.5 Å². The summed E-state index contributed by atoms with van der Waals surface area (Å²) in [6, 6.07) is 14.2. The first-order valence-corrected chi connectivity index (χ1v) is 7.39. The van der Waals surface area contributed by atoms with Gasteiger partial charge in [-0.3, -0.25) is 0 Å². The maximum absolute atomic E-state index is 9.73. The van der Waals surface area contributed by atoms with E-state index < -0.39 is 0 Å². The Hall–Kier alpha value is -1.68. The number of aliphatic hydroxyl groups excluding tert-OH is 1. The van der Waals surface area contributed by atoms with Crippen LogP contribution in [0.3, 0.4) is 0 Å². The van der Waals surface area contributed by atoms with Gasteiger partial charge in [0.05, 0.1) is 19.8 Å². The quantitative estimate of drug-likeness (QED) is 0.934. The van der Waals surface area contributed by atoms with E-state index >= 15 is 0 Å². The number of rotatable bonds is 4. The van der Waals surface area contributed by atoms with Crippen LogP contribution in [0.25, 0.3) is 11.1 Å². The van der Waals surface area contributed by atoms with Crippen molar-refractivity contribution in [1.29, 1.82) is 0 Å². The molecule has 0 aromatic heterocycles. The van der Waals surface area contributed by atoms with Gasteiger partial charge in [0.25, 0.3) is 0 Å². The van der Waals surface area contributed by atoms with Gasteiger partial charge in [-0.05, 0) is 28.7 Å². The molecular formula is C18H20O3. The molecule has 2 aromatic carbocycles. The van der Waals surface area contributed by atoms with E-state index in [0.717, 1.165) is 28.7 Å². The molecule has 0 aliphatic carbocycles. The standard InChI is InChI=1S/C18H20O3/c1-2-13-8-9-15(12-19)16(14-6-4-3-5-7-14)17(13)18-20-10-11-21-18/h3-9,18-19H,2,10-12H2,1H3. The molecule has 0 unspecified atom stereocenters. The van der Waals surface area contributed by atoms with Gasteiger partial charge in [-0.1, -0.05) is 49.4 Å². The Kier molecular flexibility index (Phi) is 4.34. The first-order chi connectivity index (χ1) is 10.3. The summed E-state index contributed by atoms with van der Waals surface area (Å²) in [5, 5.41) is 9.73. The van der Waals surface area contributed by atoms with Crippen LogP contribution in [0.15, 0.2) is 42.5 Å². The number of aliphatic hydroxyl groups is 1. The van der Waals surface area contributed by atoms with Gasteiger partial charge in [0.15, 0.2) is 6.29 Å². The van der Waals surface area contributed by atoms with Gasteiger partial charge in [-0.25, -0.2) is 0 Å². The molecule has 110 valence electrons. The van der Waals surface area contributed by atoms with Crippen molar-refractivity contribution in [2.45, 2.75) is 26.2 Å². The lowest BCUT2D eigenvalue weighted by Crippen LogP contribution is -2.08. The molecule has 1 N–H and O–H groups in total. The summed E-state index contributed by atoms with van der Waals surface area (Å²) in [5.41, 5.74) is 5.31. The zero-order chi connectivity index (χ0) is 14.7. The molecule has 2 aromatic rings. The van der Waals surface area contributed by atoms with Crippen molar-refractivity contribution in [3.63, 3.8) is 0 Å². The van der Waals surface area contributed by atoms with E-state index in [9.17, 15) is 5.11 Å². The lowest BCUT2D eigenvalue weighted by atomic mass is 9.89. The number of benzene rings is 2. The van der Waals surface area contributed by atoms with E-state index in [1.54, 1.807) is 0 Å². The topological polar surface area (TPSA) is 38.7 Å². The molecule has 3 nitrogen and oxygen atoms in total. The Balaban J connectivity index is 2.22. The number of hydrogen-bond acceptors (Lipinski definition) is 3. The molecule has 0 amide bonds. The molecule has 3 heteroatoms. The summed E-state index contributed by atoms with van der Waals surface area (Å²) in [6.45, 7) is 3.37. The van der Waals surface area contributed by atoms with Crippen LogP contribution in [0.2, 0.25) is 0 Å². The van der Waals surface area contributed by atoms with Crippen LogP contribution in [-0.4, -0.2) is 18.3 Å². The van der Waals surface area contributed by atoms with Crippen molar-refractivity contribution in [2.24, 2.45) is 0 Å². The summed E-state index contributed by atoms with van der Waals surface area (Å²) in [5.74, 6) is 0. The number of ether oxygens (including phenoxy) is 2. The fraction of sp³-hybridized carbons (Fsp3) is 0.333. The van der Waals surface area contributed by atoms with Crippen LogP contribution < -0.4 is 0 Å². The first-order valence-electron chi connectivity index (χ1n) is 7.39. The third-order valence-corrected chi connectivity index (χ3v) is 3.89. The molecule has 21 heavy (non-hydrogen) atoms. The highest BCUT2D eigenvalue weighted by Gasteiger charge is 2.26. The predicted octanol–water partition coefficient (Wildman–Crippen LogP) is 3.45. The molecule has 0 saturated carbocycles. The monoisotopic (exact) mass is 284 g/mol. The van der Waals surface area contributed by atoms with Gasteiger partial charge < -0.3 is 14.6 Å². The van der Waals surface area contributed by atoms with Gasteiger partial charge in [-0.15, -0.1) is 0 Å². The molecule has 3 rings (SSSR count). The van der Waals surface area contributed by atoms with Gasteiger partial charge in [0.2, 0.25) is 0 Å². The van der Waals surface area contributed by atoms with Crippen molar-refractivity contribution in [2.75, 3.05) is 13.2 Å². The van der Waals surface area contributed by atoms with Crippen LogP contribution in [0, 0.1) is 0 Å². The Morgan fingerprint density at radius 1 is 1.00 bits per heavy atom. The van der Waals surface area contributed by atoms with Gasteiger partial charge in [0, 0.05) is 5.56 Å². The Bertz CT molecular complexity index is 601. The molecule has 1 saturated heterocycles. The van der Waals surface area contributed by atoms with Gasteiger partial charge in [-0.2, -0.15) is 0 Å². The zero-order valence-corrected chi connectivity index (χ0v) is 12.2. The lowest BCUT2D eigenvalue weighted by molar-refractivity contribution is -0.0443. The highest BCUT2D eigenvalue weighted by atomic mass is 16.7. The van der Waals surface area contributed by atoms with Crippen molar-refractivity contribution in [3.05, 3.63) is 59.2 Å². The molecule has 0 spiro atoms. The molecule has 1 aliphatic rings. The van der Waals surface area contributed by atoms with E-state index in [-0.39, 0.29) is 12.9 Å². The summed E-state index contributed by atoms with van der Waals surface area (Å²) < 4.78 is 11.5. The molecule has 1 heterocycles. The Morgan fingerprint density at radius 3 is 2.29 bits per heavy atom. The Morgan fingerprint density at radius 2 is 1.67 bits per heavy atom. The molecule has 0 bridgehead atoms. The largest absolute Gasteiger partial charge is 0.392 e. The van der Waals surface area contributed by atoms with Crippen LogP contribution in [0.1, 0.15) is 29.9 Å². The summed E-state index contributed by atoms with van der Waals surface area (Å²) in [6.07, 6.45) is 0.575. The average Bonchev–Trinajstić information content (AvgIpc) is 3.08. The predicted molar refractivity (Wildman–Crippen MR) is 81.8 cm³/mol. The molecular weight excluding hydrogens is 264 g/mol. The normalized spacial score (nSPS) is 15.5. The van der Waals surface area contributed by atoms with Crippen LogP contribution >= 0.6 is 0 Å². The van der Waals surface area contributed by atoms with Crippen molar-refractivity contribution >= 4 is 0 Å². The van der Waals surface area contributed by atoms with Crippen molar-refractivity contribution in [1.82, 2.24) is 0 Å². The van der Waals surface area contributed by atoms with E-state index in [1.807, 2.05) is 24.3 Å². The minimum atomic E-state index is -0.332. The number of aryl methyl sites for hydroxylation is 1. The summed E-state index contributed by atoms with van der Waals surface area (Å²) in [7, 11) is 0. The third kappa shape index (κ3) is 2.72. The fourth-order valence-electron chi connectivity index (χ4n) is 2.89. The molecule has 0 atom stereocenters. The lowest BCUT2D eigenvalue weighted by Gasteiger charge is -2.21. The second kappa shape index (κ2) is 6.39. The minimum Gasteiger partial charge on any atom is -0.392 e. The highest BCUT2D eigenvalue weighted by Crippen LogP contribution is 2.38. The first kappa shape index (κ1) is 14.3. The van der Waals surface area contributed by atoms with E-state index in [1.165, 1.54) is 5.56 Å². The van der Waals surface area contributed by atoms with E-state index in [4.69, 9.17) is 9.47 Å². The fourth-order valence-corrected chi connectivity index (χ4v) is 2.89. The van der Waals surface area contributed by atoms with Gasteiger partial charge >= 0.3 is 0 Å². The van der Waals surface area contributed by atoms with E-state index in [0.29, 0.717) is 13.2 Å². The average molecular weight is 284 g/mol. The molecule has 0 radical (unpaired) electrons. The van der Waals surface area contributed by atoms with Crippen LogP contribution in [0.4, 0.5) is 0 Å². The second-order valence-electron chi connectivity index (χ2n) is 5.12. The highest BCUT2D eigenvalue weighted by molar-refractivity contribution is 5.73. The summed E-state index contributed by atoms with van der Waals surface area (Å²) >= 11 is 0. The van der Waals surface area contributed by atoms with E-state index in [2.05, 4.69) is 25.1 Å². The number of hydrogen-bond donors (Lipinski definition) is 1.